The van der Waals surface area contributed by atoms with E-state index in [0.29, 0.717) is 16.3 Å². The van der Waals surface area contributed by atoms with Gasteiger partial charge in [0.25, 0.3) is 0 Å². The Bertz CT molecular complexity index is 330. The molecular formula is C8H9ClN2OS. The van der Waals surface area contributed by atoms with E-state index in [1.807, 2.05) is 0 Å². The molecule has 0 aliphatic heterocycles. The second-order valence-corrected chi connectivity index (χ2v) is 3.33. The van der Waals surface area contributed by atoms with Gasteiger partial charge in [0, 0.05) is 16.3 Å². The fourth-order valence-electron chi connectivity index (χ4n) is 0.948. The van der Waals surface area contributed by atoms with E-state index in [2.05, 4.69) is 17.5 Å². The summed E-state index contributed by atoms with van der Waals surface area (Å²) in [5.74, 6) is 0. The minimum absolute atomic E-state index is 0.106. The van der Waals surface area contributed by atoms with E-state index in [-0.39, 0.29) is 11.7 Å². The maximum Gasteiger partial charge on any atom is 0.168 e. The van der Waals surface area contributed by atoms with Crippen molar-refractivity contribution < 1.29 is 5.11 Å². The largest absolute Gasteiger partial charge is 0.392 e. The molecule has 3 nitrogen and oxygen atoms in total. The summed E-state index contributed by atoms with van der Waals surface area (Å²) in [4.78, 5) is 0. The van der Waals surface area contributed by atoms with Crippen molar-refractivity contribution in [1.82, 2.24) is 0 Å². The van der Waals surface area contributed by atoms with Gasteiger partial charge >= 0.3 is 0 Å². The Labute approximate surface area is 86.5 Å². The Morgan fingerprint density at radius 2 is 2.31 bits per heavy atom. The quantitative estimate of drug-likeness (QED) is 0.656. The standard InChI is InChI=1S/C8H9ClN2OS/c9-6-1-2-7(11-8(10)13)5(3-6)4-12/h1-3,12H,4H2,(H3,10,11,13). The molecule has 0 amide bonds. The van der Waals surface area contributed by atoms with Crippen LogP contribution in [-0.2, 0) is 6.61 Å². The zero-order valence-electron chi connectivity index (χ0n) is 6.75. The molecule has 13 heavy (non-hydrogen) atoms. The lowest BCUT2D eigenvalue weighted by Crippen LogP contribution is -2.19. The van der Waals surface area contributed by atoms with Crippen LogP contribution in [0.2, 0.25) is 5.02 Å². The number of hydrogen-bond acceptors (Lipinski definition) is 2. The fraction of sp³-hybridized carbons (Fsp3) is 0.125. The molecule has 0 radical (unpaired) electrons. The van der Waals surface area contributed by atoms with E-state index in [9.17, 15) is 0 Å². The third-order valence-electron chi connectivity index (χ3n) is 1.50. The van der Waals surface area contributed by atoms with Gasteiger partial charge in [0.05, 0.1) is 6.61 Å². The van der Waals surface area contributed by atoms with Gasteiger partial charge in [-0.05, 0) is 30.4 Å². The van der Waals surface area contributed by atoms with Crippen LogP contribution in [-0.4, -0.2) is 10.2 Å². The number of halogens is 1. The van der Waals surface area contributed by atoms with E-state index in [1.54, 1.807) is 18.2 Å². The van der Waals surface area contributed by atoms with Crippen molar-refractivity contribution in [1.29, 1.82) is 0 Å². The zero-order chi connectivity index (χ0) is 9.84. The Morgan fingerprint density at radius 3 is 2.85 bits per heavy atom. The third kappa shape index (κ3) is 2.84. The summed E-state index contributed by atoms with van der Waals surface area (Å²) < 4.78 is 0. The molecule has 0 heterocycles. The highest BCUT2D eigenvalue weighted by molar-refractivity contribution is 7.80. The summed E-state index contributed by atoms with van der Waals surface area (Å²) in [6, 6.07) is 5.07. The van der Waals surface area contributed by atoms with Crippen LogP contribution >= 0.6 is 23.8 Å². The zero-order valence-corrected chi connectivity index (χ0v) is 8.32. The van der Waals surface area contributed by atoms with Crippen LogP contribution in [0, 0.1) is 0 Å². The third-order valence-corrected chi connectivity index (χ3v) is 1.83. The number of benzene rings is 1. The molecule has 1 aromatic rings. The first-order valence-electron chi connectivity index (χ1n) is 3.59. The lowest BCUT2D eigenvalue weighted by molar-refractivity contribution is 0.282. The van der Waals surface area contributed by atoms with Crippen LogP contribution in [0.3, 0.4) is 0 Å². The van der Waals surface area contributed by atoms with Gasteiger partial charge in [-0.15, -0.1) is 0 Å². The van der Waals surface area contributed by atoms with Crippen LogP contribution in [0.15, 0.2) is 18.2 Å². The molecule has 0 unspecified atom stereocenters. The molecule has 0 fully saturated rings. The number of nitrogens with two attached hydrogens (primary N) is 1. The van der Waals surface area contributed by atoms with Crippen LogP contribution in [0.25, 0.3) is 0 Å². The molecule has 0 atom stereocenters. The number of nitrogens with one attached hydrogen (secondary N) is 1. The minimum atomic E-state index is -0.106. The highest BCUT2D eigenvalue weighted by Crippen LogP contribution is 2.20. The Morgan fingerprint density at radius 1 is 1.62 bits per heavy atom. The highest BCUT2D eigenvalue weighted by Gasteiger charge is 2.02. The number of rotatable bonds is 2. The lowest BCUT2D eigenvalue weighted by Gasteiger charge is -2.08. The number of hydrogen-bond donors (Lipinski definition) is 3. The normalized spacial score (nSPS) is 9.69. The van der Waals surface area contributed by atoms with Gasteiger partial charge in [0.15, 0.2) is 5.11 Å². The van der Waals surface area contributed by atoms with E-state index in [1.165, 1.54) is 0 Å². The summed E-state index contributed by atoms with van der Waals surface area (Å²) in [6.07, 6.45) is 0. The molecular weight excluding hydrogens is 208 g/mol. The summed E-state index contributed by atoms with van der Waals surface area (Å²) in [6.45, 7) is -0.106. The van der Waals surface area contributed by atoms with Gasteiger partial charge in [-0.2, -0.15) is 0 Å². The monoisotopic (exact) mass is 216 g/mol. The van der Waals surface area contributed by atoms with Gasteiger partial charge in [-0.3, -0.25) is 0 Å². The van der Waals surface area contributed by atoms with Gasteiger partial charge in [0.1, 0.15) is 0 Å². The molecule has 0 saturated carbocycles. The fourth-order valence-corrected chi connectivity index (χ4v) is 1.25. The molecule has 0 spiro atoms. The Kier molecular flexibility index (Phi) is 3.48. The average molecular weight is 217 g/mol. The van der Waals surface area contributed by atoms with Gasteiger partial charge in [0.2, 0.25) is 0 Å². The first kappa shape index (κ1) is 10.2. The van der Waals surface area contributed by atoms with Crippen molar-refractivity contribution >= 4 is 34.6 Å². The molecule has 5 heteroatoms. The van der Waals surface area contributed by atoms with Crippen molar-refractivity contribution in [2.24, 2.45) is 5.73 Å². The summed E-state index contributed by atoms with van der Waals surface area (Å²) >= 11 is 10.4. The molecule has 0 bridgehead atoms. The summed E-state index contributed by atoms with van der Waals surface area (Å²) in [5.41, 5.74) is 6.64. The Hall–Kier alpha value is -0.840. The van der Waals surface area contributed by atoms with Crippen LogP contribution < -0.4 is 11.1 Å². The van der Waals surface area contributed by atoms with Crippen molar-refractivity contribution in [3.05, 3.63) is 28.8 Å². The molecule has 1 aromatic carbocycles. The number of aliphatic hydroxyl groups excluding tert-OH is 1. The smallest absolute Gasteiger partial charge is 0.168 e. The number of aliphatic hydroxyl groups is 1. The van der Waals surface area contributed by atoms with Crippen molar-refractivity contribution in [3.63, 3.8) is 0 Å². The molecule has 0 aliphatic rings. The number of anilines is 1. The van der Waals surface area contributed by atoms with Gasteiger partial charge in [-0.1, -0.05) is 11.6 Å². The minimum Gasteiger partial charge on any atom is -0.392 e. The molecule has 0 aromatic heterocycles. The van der Waals surface area contributed by atoms with Crippen molar-refractivity contribution in [2.75, 3.05) is 5.32 Å². The predicted octanol–water partition coefficient (Wildman–Crippen LogP) is 1.49. The molecule has 1 rings (SSSR count). The molecule has 0 saturated heterocycles. The average Bonchev–Trinajstić information content (AvgIpc) is 2.07. The van der Waals surface area contributed by atoms with Crippen LogP contribution in [0.5, 0.6) is 0 Å². The van der Waals surface area contributed by atoms with Gasteiger partial charge < -0.3 is 16.2 Å². The predicted molar refractivity (Wildman–Crippen MR) is 57.8 cm³/mol. The van der Waals surface area contributed by atoms with Crippen molar-refractivity contribution in [2.45, 2.75) is 6.61 Å². The molecule has 4 N–H and O–H groups in total. The SMILES string of the molecule is NC(=S)Nc1ccc(Cl)cc1CO. The molecule has 0 aliphatic carbocycles. The maximum atomic E-state index is 8.97. The summed E-state index contributed by atoms with van der Waals surface area (Å²) in [5, 5.41) is 12.4. The van der Waals surface area contributed by atoms with E-state index < -0.39 is 0 Å². The maximum absolute atomic E-state index is 8.97. The van der Waals surface area contributed by atoms with E-state index in [0.717, 1.165) is 0 Å². The van der Waals surface area contributed by atoms with E-state index >= 15 is 0 Å². The van der Waals surface area contributed by atoms with E-state index in [4.69, 9.17) is 22.4 Å². The topological polar surface area (TPSA) is 58.3 Å². The highest BCUT2D eigenvalue weighted by atomic mass is 35.5. The summed E-state index contributed by atoms with van der Waals surface area (Å²) in [7, 11) is 0. The second kappa shape index (κ2) is 4.41. The number of thiocarbonyl (C=S) groups is 1. The van der Waals surface area contributed by atoms with Crippen molar-refractivity contribution in [3.8, 4) is 0 Å². The van der Waals surface area contributed by atoms with Gasteiger partial charge in [-0.25, -0.2) is 0 Å². The van der Waals surface area contributed by atoms with Crippen LogP contribution in [0.1, 0.15) is 5.56 Å². The lowest BCUT2D eigenvalue weighted by atomic mass is 10.2. The first-order valence-corrected chi connectivity index (χ1v) is 4.38. The van der Waals surface area contributed by atoms with Crippen LogP contribution in [0.4, 0.5) is 5.69 Å². The first-order chi connectivity index (χ1) is 6.13. The molecule has 70 valence electrons. The second-order valence-electron chi connectivity index (χ2n) is 2.45. The Balaban J connectivity index is 2.99.